The number of amides is 2. The number of aromatic nitrogens is 1. The Morgan fingerprint density at radius 1 is 1.16 bits per heavy atom. The number of rotatable bonds is 6. The van der Waals surface area contributed by atoms with Gasteiger partial charge in [0.15, 0.2) is 5.58 Å². The summed E-state index contributed by atoms with van der Waals surface area (Å²) in [7, 11) is 0. The highest BCUT2D eigenvalue weighted by Crippen LogP contribution is 2.23. The first-order valence-corrected chi connectivity index (χ1v) is 8.81. The second-order valence-electron chi connectivity index (χ2n) is 5.22. The first-order valence-electron chi connectivity index (χ1n) is 7.82. The Morgan fingerprint density at radius 2 is 2.00 bits per heavy atom. The summed E-state index contributed by atoms with van der Waals surface area (Å²) in [6, 6.07) is 14.3. The Hall–Kier alpha value is -2.80. The minimum atomic E-state index is -0.194. The average molecular weight is 355 g/mol. The van der Waals surface area contributed by atoms with Crippen LogP contribution >= 0.6 is 11.8 Å². The Bertz CT molecular complexity index is 874. The highest BCUT2D eigenvalue weighted by molar-refractivity contribution is 7.99. The zero-order valence-electron chi connectivity index (χ0n) is 13.6. The SMILES string of the molecule is CCNC(=O)c1cccc(NC(=O)CSc2nc3ccccc3o2)c1. The predicted octanol–water partition coefficient (Wildman–Crippen LogP) is 3.31. The molecule has 0 saturated carbocycles. The van der Waals surface area contributed by atoms with E-state index in [0.29, 0.717) is 28.6 Å². The van der Waals surface area contributed by atoms with Crippen molar-refractivity contribution >= 4 is 40.4 Å². The lowest BCUT2D eigenvalue weighted by molar-refractivity contribution is -0.113. The van der Waals surface area contributed by atoms with Gasteiger partial charge in [-0.3, -0.25) is 9.59 Å². The molecule has 0 aliphatic rings. The summed E-state index contributed by atoms with van der Waals surface area (Å²) in [4.78, 5) is 28.2. The molecule has 0 aliphatic carbocycles. The first kappa shape index (κ1) is 17.0. The first-order chi connectivity index (χ1) is 12.2. The van der Waals surface area contributed by atoms with Crippen molar-refractivity contribution in [3.8, 4) is 0 Å². The lowest BCUT2D eigenvalue weighted by Crippen LogP contribution is -2.23. The molecule has 7 heteroatoms. The van der Waals surface area contributed by atoms with Crippen LogP contribution in [0.15, 0.2) is 58.2 Å². The lowest BCUT2D eigenvalue weighted by atomic mass is 10.2. The second-order valence-corrected chi connectivity index (χ2v) is 6.15. The maximum Gasteiger partial charge on any atom is 0.257 e. The maximum atomic E-state index is 12.1. The Kier molecular flexibility index (Phi) is 5.35. The average Bonchev–Trinajstić information content (AvgIpc) is 3.03. The van der Waals surface area contributed by atoms with Crippen molar-refractivity contribution in [2.24, 2.45) is 0 Å². The molecule has 0 unspecified atom stereocenters. The molecular formula is C18H17N3O3S. The van der Waals surface area contributed by atoms with Crippen LogP contribution in [0.4, 0.5) is 5.69 Å². The molecule has 3 rings (SSSR count). The van der Waals surface area contributed by atoms with Gasteiger partial charge in [-0.25, -0.2) is 4.98 Å². The molecule has 1 aromatic heterocycles. The minimum absolute atomic E-state index is 0.165. The van der Waals surface area contributed by atoms with E-state index < -0.39 is 0 Å². The largest absolute Gasteiger partial charge is 0.431 e. The van der Waals surface area contributed by atoms with Crippen molar-refractivity contribution in [3.05, 3.63) is 54.1 Å². The van der Waals surface area contributed by atoms with Crippen LogP contribution in [-0.2, 0) is 4.79 Å². The standard InChI is InChI=1S/C18H17N3O3S/c1-2-19-17(23)12-6-5-7-13(10-12)20-16(22)11-25-18-21-14-8-3-4-9-15(14)24-18/h3-10H,2,11H2,1H3,(H,19,23)(H,20,22). The molecule has 1 heterocycles. The van der Waals surface area contributed by atoms with E-state index in [1.807, 2.05) is 31.2 Å². The van der Waals surface area contributed by atoms with Gasteiger partial charge in [0.05, 0.1) is 5.75 Å². The fourth-order valence-electron chi connectivity index (χ4n) is 2.24. The van der Waals surface area contributed by atoms with Gasteiger partial charge in [-0.05, 0) is 37.3 Å². The topological polar surface area (TPSA) is 84.2 Å². The van der Waals surface area contributed by atoms with Crippen LogP contribution in [0.2, 0.25) is 0 Å². The number of nitrogens with zero attached hydrogens (tertiary/aromatic N) is 1. The van der Waals surface area contributed by atoms with Crippen molar-refractivity contribution in [1.29, 1.82) is 0 Å². The third-order valence-corrected chi connectivity index (χ3v) is 4.17. The van der Waals surface area contributed by atoms with Crippen LogP contribution < -0.4 is 10.6 Å². The van der Waals surface area contributed by atoms with Crippen LogP contribution in [0.3, 0.4) is 0 Å². The fraction of sp³-hybridized carbons (Fsp3) is 0.167. The van der Waals surface area contributed by atoms with Crippen LogP contribution in [-0.4, -0.2) is 29.1 Å². The molecule has 0 bridgehead atoms. The summed E-state index contributed by atoms with van der Waals surface area (Å²) in [5.41, 5.74) is 2.54. The molecule has 0 fully saturated rings. The molecule has 0 aliphatic heterocycles. The predicted molar refractivity (Wildman–Crippen MR) is 97.8 cm³/mol. The fourth-order valence-corrected chi connectivity index (χ4v) is 2.88. The summed E-state index contributed by atoms with van der Waals surface area (Å²) in [5, 5.41) is 5.95. The van der Waals surface area contributed by atoms with Gasteiger partial charge in [-0.1, -0.05) is 30.0 Å². The molecule has 0 atom stereocenters. The third kappa shape index (κ3) is 4.39. The number of hydrogen-bond acceptors (Lipinski definition) is 5. The number of para-hydroxylation sites is 2. The van der Waals surface area contributed by atoms with Crippen LogP contribution in [0.1, 0.15) is 17.3 Å². The molecule has 128 valence electrons. The monoisotopic (exact) mass is 355 g/mol. The highest BCUT2D eigenvalue weighted by atomic mass is 32.2. The van der Waals surface area contributed by atoms with Crippen molar-refractivity contribution in [2.45, 2.75) is 12.1 Å². The maximum absolute atomic E-state index is 12.1. The van der Waals surface area contributed by atoms with Crippen molar-refractivity contribution in [2.75, 3.05) is 17.6 Å². The van der Waals surface area contributed by atoms with E-state index in [-0.39, 0.29) is 17.6 Å². The second kappa shape index (κ2) is 7.85. The van der Waals surface area contributed by atoms with Gasteiger partial charge in [0, 0.05) is 17.8 Å². The minimum Gasteiger partial charge on any atom is -0.431 e. The molecule has 3 aromatic rings. The number of fused-ring (bicyclic) bond motifs is 1. The molecule has 0 saturated heterocycles. The zero-order chi connectivity index (χ0) is 17.6. The number of benzene rings is 2. The van der Waals surface area contributed by atoms with Crippen molar-refractivity contribution in [3.63, 3.8) is 0 Å². The van der Waals surface area contributed by atoms with Crippen molar-refractivity contribution < 1.29 is 14.0 Å². The Labute approximate surface area is 149 Å². The molecule has 2 N–H and O–H groups in total. The molecule has 25 heavy (non-hydrogen) atoms. The van der Waals surface area contributed by atoms with Crippen LogP contribution in [0.25, 0.3) is 11.1 Å². The number of carbonyl (C=O) groups excluding carboxylic acids is 2. The smallest absolute Gasteiger partial charge is 0.257 e. The molecule has 2 amide bonds. The molecule has 6 nitrogen and oxygen atoms in total. The van der Waals surface area contributed by atoms with Gasteiger partial charge in [-0.15, -0.1) is 0 Å². The summed E-state index contributed by atoms with van der Waals surface area (Å²) < 4.78 is 5.57. The third-order valence-electron chi connectivity index (χ3n) is 3.35. The van der Waals surface area contributed by atoms with Crippen LogP contribution in [0, 0.1) is 0 Å². The van der Waals surface area contributed by atoms with Gasteiger partial charge in [0.25, 0.3) is 11.1 Å². The van der Waals surface area contributed by atoms with E-state index >= 15 is 0 Å². The number of hydrogen-bond donors (Lipinski definition) is 2. The van der Waals surface area contributed by atoms with E-state index in [4.69, 9.17) is 4.42 Å². The molecule has 2 aromatic carbocycles. The van der Waals surface area contributed by atoms with Gasteiger partial charge < -0.3 is 15.1 Å². The molecular weight excluding hydrogens is 338 g/mol. The Morgan fingerprint density at radius 3 is 2.80 bits per heavy atom. The van der Waals surface area contributed by atoms with Crippen molar-refractivity contribution in [1.82, 2.24) is 10.3 Å². The van der Waals surface area contributed by atoms with Gasteiger partial charge in [0.2, 0.25) is 5.91 Å². The lowest BCUT2D eigenvalue weighted by Gasteiger charge is -2.07. The number of anilines is 1. The number of oxazole rings is 1. The van der Waals surface area contributed by atoms with E-state index in [1.165, 1.54) is 11.8 Å². The normalized spacial score (nSPS) is 10.6. The van der Waals surface area contributed by atoms with E-state index in [2.05, 4.69) is 15.6 Å². The number of thioether (sulfide) groups is 1. The summed E-state index contributed by atoms with van der Waals surface area (Å²) >= 11 is 1.22. The Balaban J connectivity index is 1.59. The van der Waals surface area contributed by atoms with Crippen LogP contribution in [0.5, 0.6) is 0 Å². The quantitative estimate of drug-likeness (QED) is 0.663. The highest BCUT2D eigenvalue weighted by Gasteiger charge is 2.10. The summed E-state index contributed by atoms with van der Waals surface area (Å²) in [6.45, 7) is 2.41. The number of nitrogens with one attached hydrogen (secondary N) is 2. The van der Waals surface area contributed by atoms with Gasteiger partial charge in [0.1, 0.15) is 5.52 Å². The van der Waals surface area contributed by atoms with E-state index in [9.17, 15) is 9.59 Å². The van der Waals surface area contributed by atoms with E-state index in [1.54, 1.807) is 24.3 Å². The van der Waals surface area contributed by atoms with Gasteiger partial charge in [-0.2, -0.15) is 0 Å². The molecule has 0 spiro atoms. The summed E-state index contributed by atoms with van der Waals surface area (Å²) in [5.74, 6) is -0.196. The van der Waals surface area contributed by atoms with Gasteiger partial charge >= 0.3 is 0 Å². The van der Waals surface area contributed by atoms with E-state index in [0.717, 1.165) is 5.52 Å². The number of carbonyl (C=O) groups is 2. The zero-order valence-corrected chi connectivity index (χ0v) is 14.4. The summed E-state index contributed by atoms with van der Waals surface area (Å²) in [6.07, 6.45) is 0. The molecule has 0 radical (unpaired) electrons.